The maximum atomic E-state index is 12.9. The predicted molar refractivity (Wildman–Crippen MR) is 102 cm³/mol. The van der Waals surface area contributed by atoms with Gasteiger partial charge in [0.15, 0.2) is 5.65 Å². The lowest BCUT2D eigenvalue weighted by molar-refractivity contribution is -0.127. The van der Waals surface area contributed by atoms with Gasteiger partial charge in [0.2, 0.25) is 11.8 Å². The first-order valence-electron chi connectivity index (χ1n) is 9.42. The Bertz CT molecular complexity index is 927. The highest BCUT2D eigenvalue weighted by molar-refractivity contribution is 5.76. The van der Waals surface area contributed by atoms with E-state index in [9.17, 15) is 14.4 Å². The Morgan fingerprint density at radius 3 is 2.78 bits per heavy atom. The Morgan fingerprint density at radius 1 is 1.41 bits per heavy atom. The number of aromatic nitrogens is 3. The summed E-state index contributed by atoms with van der Waals surface area (Å²) in [5.74, 6) is 0.175. The third-order valence-corrected chi connectivity index (χ3v) is 5.06. The molecule has 3 heterocycles. The van der Waals surface area contributed by atoms with Crippen LogP contribution in [0.4, 0.5) is 0 Å². The number of nitrogens with one attached hydrogen (secondary N) is 2. The van der Waals surface area contributed by atoms with E-state index in [2.05, 4.69) is 15.4 Å². The number of nitrogens with zero attached hydrogens (tertiary/aromatic N) is 3. The molecule has 2 aromatic rings. The van der Waals surface area contributed by atoms with E-state index in [4.69, 9.17) is 0 Å². The lowest BCUT2D eigenvalue weighted by Crippen LogP contribution is -2.31. The van der Waals surface area contributed by atoms with Gasteiger partial charge in [-0.05, 0) is 33.6 Å². The van der Waals surface area contributed by atoms with E-state index in [1.165, 1.54) is 4.52 Å². The van der Waals surface area contributed by atoms with Crippen LogP contribution in [0.25, 0.3) is 5.65 Å². The first kappa shape index (κ1) is 19.1. The molecule has 2 aromatic heterocycles. The molecule has 8 heteroatoms. The third-order valence-electron chi connectivity index (χ3n) is 5.06. The van der Waals surface area contributed by atoms with Crippen LogP contribution in [0, 0.1) is 6.92 Å². The van der Waals surface area contributed by atoms with Crippen molar-refractivity contribution in [3.05, 3.63) is 33.4 Å². The van der Waals surface area contributed by atoms with E-state index in [0.717, 1.165) is 18.7 Å². The van der Waals surface area contributed by atoms with Crippen LogP contribution in [0.1, 0.15) is 56.5 Å². The van der Waals surface area contributed by atoms with Gasteiger partial charge in [-0.15, -0.1) is 0 Å². The number of aromatic amines is 1. The van der Waals surface area contributed by atoms with Gasteiger partial charge in [-0.2, -0.15) is 0 Å². The highest BCUT2D eigenvalue weighted by Gasteiger charge is 2.27. The molecular weight excluding hydrogens is 346 g/mol. The van der Waals surface area contributed by atoms with Crippen molar-refractivity contribution in [1.29, 1.82) is 0 Å². The van der Waals surface area contributed by atoms with Crippen molar-refractivity contribution >= 4 is 17.5 Å². The number of carbonyl (C=O) groups excluding carboxylic acids is 2. The van der Waals surface area contributed by atoms with Gasteiger partial charge in [-0.3, -0.25) is 19.5 Å². The number of carbonyl (C=O) groups is 2. The van der Waals surface area contributed by atoms with Crippen molar-refractivity contribution < 1.29 is 9.59 Å². The molecule has 27 heavy (non-hydrogen) atoms. The zero-order valence-corrected chi connectivity index (χ0v) is 16.3. The Hall–Kier alpha value is -2.64. The summed E-state index contributed by atoms with van der Waals surface area (Å²) in [7, 11) is 0. The maximum absolute atomic E-state index is 12.9. The van der Waals surface area contributed by atoms with Gasteiger partial charge < -0.3 is 10.2 Å². The smallest absolute Gasteiger partial charge is 0.276 e. The molecule has 1 atom stereocenters. The summed E-state index contributed by atoms with van der Waals surface area (Å²) in [5.41, 5.74) is 2.53. The molecule has 3 rings (SSSR count). The number of hydrogen-bond donors (Lipinski definition) is 2. The lowest BCUT2D eigenvalue weighted by atomic mass is 10.1. The van der Waals surface area contributed by atoms with Crippen LogP contribution < -0.4 is 10.9 Å². The first-order valence-corrected chi connectivity index (χ1v) is 9.42. The van der Waals surface area contributed by atoms with E-state index in [0.29, 0.717) is 29.9 Å². The normalized spacial score (nSPS) is 17.1. The lowest BCUT2D eigenvalue weighted by Gasteiger charge is -2.12. The largest absolute Gasteiger partial charge is 0.354 e. The molecule has 2 N–H and O–H groups in total. The minimum atomic E-state index is -0.164. The Labute approximate surface area is 157 Å². The number of amides is 2. The Kier molecular flexibility index (Phi) is 5.34. The van der Waals surface area contributed by atoms with Crippen LogP contribution in [0.3, 0.4) is 0 Å². The Balaban J connectivity index is 1.83. The fraction of sp³-hybridized carbons (Fsp3) is 0.579. The summed E-state index contributed by atoms with van der Waals surface area (Å²) in [4.78, 5) is 42.7. The van der Waals surface area contributed by atoms with Crippen molar-refractivity contribution in [3.8, 4) is 0 Å². The molecule has 1 unspecified atom stereocenters. The summed E-state index contributed by atoms with van der Waals surface area (Å²) < 4.78 is 1.45. The average Bonchev–Trinajstić information content (AvgIpc) is 3.20. The van der Waals surface area contributed by atoms with E-state index in [-0.39, 0.29) is 35.8 Å². The molecule has 2 amide bonds. The minimum Gasteiger partial charge on any atom is -0.354 e. The minimum absolute atomic E-state index is 0.0710. The van der Waals surface area contributed by atoms with Gasteiger partial charge in [0.05, 0.1) is 0 Å². The molecule has 0 aromatic carbocycles. The summed E-state index contributed by atoms with van der Waals surface area (Å²) >= 11 is 0. The molecule has 0 saturated carbocycles. The van der Waals surface area contributed by atoms with Gasteiger partial charge in [-0.25, -0.2) is 9.50 Å². The summed E-state index contributed by atoms with van der Waals surface area (Å²) in [6, 6.07) is 1.96. The topological polar surface area (TPSA) is 99.6 Å². The SMILES string of the molecule is CC(=O)N1CCC(c2cc3nc(C)c(CCC(=O)NC(C)C)c(=O)n3[nH]2)C1. The quantitative estimate of drug-likeness (QED) is 0.820. The molecule has 0 bridgehead atoms. The van der Waals surface area contributed by atoms with Crippen molar-refractivity contribution in [2.75, 3.05) is 13.1 Å². The number of H-pyrrole nitrogens is 1. The molecule has 1 fully saturated rings. The Morgan fingerprint density at radius 2 is 2.15 bits per heavy atom. The maximum Gasteiger partial charge on any atom is 0.276 e. The van der Waals surface area contributed by atoms with E-state index >= 15 is 0 Å². The zero-order valence-electron chi connectivity index (χ0n) is 16.3. The van der Waals surface area contributed by atoms with Crippen molar-refractivity contribution in [1.82, 2.24) is 24.8 Å². The van der Waals surface area contributed by atoms with E-state index < -0.39 is 0 Å². The van der Waals surface area contributed by atoms with Crippen LogP contribution in [0.15, 0.2) is 10.9 Å². The van der Waals surface area contributed by atoms with Gasteiger partial charge in [0.1, 0.15) is 0 Å². The van der Waals surface area contributed by atoms with Crippen LogP contribution in [0.2, 0.25) is 0 Å². The van der Waals surface area contributed by atoms with Gasteiger partial charge >= 0.3 is 0 Å². The first-order chi connectivity index (χ1) is 12.8. The van der Waals surface area contributed by atoms with Crippen molar-refractivity contribution in [3.63, 3.8) is 0 Å². The standard InChI is InChI=1S/C19H27N5O3/c1-11(2)20-18(26)6-5-15-12(3)21-17-9-16(22-24(17)19(15)27)14-7-8-23(10-14)13(4)25/h9,11,14,22H,5-8,10H2,1-4H3,(H,20,26). The monoisotopic (exact) mass is 373 g/mol. The van der Waals surface area contributed by atoms with Gasteiger partial charge in [-0.1, -0.05) is 0 Å². The highest BCUT2D eigenvalue weighted by Crippen LogP contribution is 2.26. The van der Waals surface area contributed by atoms with E-state index in [1.54, 1.807) is 13.8 Å². The summed E-state index contributed by atoms with van der Waals surface area (Å²) in [6.45, 7) is 8.57. The van der Waals surface area contributed by atoms with Crippen LogP contribution in [-0.2, 0) is 16.0 Å². The number of rotatable bonds is 5. The second-order valence-corrected chi connectivity index (χ2v) is 7.56. The predicted octanol–water partition coefficient (Wildman–Crippen LogP) is 1.12. The molecule has 0 spiro atoms. The highest BCUT2D eigenvalue weighted by atomic mass is 16.2. The fourth-order valence-corrected chi connectivity index (χ4v) is 3.62. The second kappa shape index (κ2) is 7.54. The average molecular weight is 373 g/mol. The van der Waals surface area contributed by atoms with Crippen LogP contribution in [0.5, 0.6) is 0 Å². The summed E-state index contributed by atoms with van der Waals surface area (Å²) in [6.07, 6.45) is 1.48. The number of likely N-dealkylation sites (tertiary alicyclic amines) is 1. The third kappa shape index (κ3) is 4.04. The second-order valence-electron chi connectivity index (χ2n) is 7.56. The van der Waals surface area contributed by atoms with Crippen LogP contribution in [-0.4, -0.2) is 50.4 Å². The van der Waals surface area contributed by atoms with Gasteiger partial charge in [0.25, 0.3) is 5.56 Å². The molecule has 0 aliphatic carbocycles. The van der Waals surface area contributed by atoms with Gasteiger partial charge in [0, 0.05) is 61.4 Å². The molecule has 1 aliphatic rings. The van der Waals surface area contributed by atoms with Crippen molar-refractivity contribution in [2.24, 2.45) is 0 Å². The zero-order chi connectivity index (χ0) is 19.7. The fourth-order valence-electron chi connectivity index (χ4n) is 3.62. The molecule has 8 nitrogen and oxygen atoms in total. The number of fused-ring (bicyclic) bond motifs is 1. The number of aryl methyl sites for hydroxylation is 1. The number of hydrogen-bond acceptors (Lipinski definition) is 4. The molecule has 1 saturated heterocycles. The molecule has 0 radical (unpaired) electrons. The van der Waals surface area contributed by atoms with Crippen molar-refractivity contribution in [2.45, 2.75) is 58.9 Å². The van der Waals surface area contributed by atoms with Crippen LogP contribution >= 0.6 is 0 Å². The van der Waals surface area contributed by atoms with E-state index in [1.807, 2.05) is 24.8 Å². The molecular formula is C19H27N5O3. The molecule has 1 aliphatic heterocycles. The summed E-state index contributed by atoms with van der Waals surface area (Å²) in [5, 5.41) is 5.99. The molecule has 146 valence electrons.